The summed E-state index contributed by atoms with van der Waals surface area (Å²) in [5, 5.41) is 5.64. The molecule has 1 N–H and O–H groups in total. The van der Waals surface area contributed by atoms with Gasteiger partial charge in [-0.15, -0.1) is 11.8 Å². The average Bonchev–Trinajstić information content (AvgIpc) is 2.70. The van der Waals surface area contributed by atoms with Crippen LogP contribution in [0.5, 0.6) is 0 Å². The summed E-state index contributed by atoms with van der Waals surface area (Å²) in [7, 11) is 3.44. The Kier molecular flexibility index (Phi) is 6.60. The molecule has 0 radical (unpaired) electrons. The van der Waals surface area contributed by atoms with Crippen LogP contribution in [0, 0.1) is 0 Å². The van der Waals surface area contributed by atoms with Crippen molar-refractivity contribution in [3.63, 3.8) is 0 Å². The van der Waals surface area contributed by atoms with Gasteiger partial charge in [-0.1, -0.05) is 48.0 Å². The van der Waals surface area contributed by atoms with Gasteiger partial charge < -0.3 is 10.2 Å². The Bertz CT molecular complexity index is 998. The molecule has 0 aromatic heterocycles. The van der Waals surface area contributed by atoms with Crippen molar-refractivity contribution >= 4 is 45.9 Å². The molecule has 28 heavy (non-hydrogen) atoms. The number of nitrogens with one attached hydrogen (secondary N) is 1. The Labute approximate surface area is 173 Å². The molecule has 6 heteroatoms. The summed E-state index contributed by atoms with van der Waals surface area (Å²) in [6, 6.07) is 19.0. The number of fused-ring (bicyclic) bond motifs is 1. The van der Waals surface area contributed by atoms with Gasteiger partial charge >= 0.3 is 0 Å². The zero-order valence-corrected chi connectivity index (χ0v) is 17.3. The van der Waals surface area contributed by atoms with E-state index >= 15 is 0 Å². The van der Waals surface area contributed by atoms with Gasteiger partial charge in [0.15, 0.2) is 0 Å². The summed E-state index contributed by atoms with van der Waals surface area (Å²) in [6.07, 6.45) is 0. The third-order valence-electron chi connectivity index (χ3n) is 4.27. The molecule has 0 saturated heterocycles. The van der Waals surface area contributed by atoms with Crippen LogP contribution in [0.15, 0.2) is 65.6 Å². The molecule has 2 amide bonds. The van der Waals surface area contributed by atoms with Crippen molar-refractivity contribution in [2.75, 3.05) is 19.8 Å². The first-order valence-corrected chi connectivity index (χ1v) is 10.2. The molecule has 0 heterocycles. The van der Waals surface area contributed by atoms with E-state index in [1.165, 1.54) is 16.7 Å². The van der Waals surface area contributed by atoms with Gasteiger partial charge in [0.1, 0.15) is 0 Å². The summed E-state index contributed by atoms with van der Waals surface area (Å²) in [6.45, 7) is 0.423. The average molecular weight is 413 g/mol. The molecule has 0 aliphatic carbocycles. The number of hydrogen-bond donors (Lipinski definition) is 1. The molecule has 3 aromatic rings. The van der Waals surface area contributed by atoms with Crippen LogP contribution in [0.1, 0.15) is 15.9 Å². The van der Waals surface area contributed by atoms with E-state index in [2.05, 4.69) is 5.32 Å². The number of carbonyl (C=O) groups is 2. The second-order valence-corrected chi connectivity index (χ2v) is 7.98. The number of rotatable bonds is 6. The van der Waals surface area contributed by atoms with Gasteiger partial charge in [0.05, 0.1) is 5.75 Å². The highest BCUT2D eigenvalue weighted by Crippen LogP contribution is 2.33. The fourth-order valence-electron chi connectivity index (χ4n) is 2.80. The minimum absolute atomic E-state index is 0.0410. The van der Waals surface area contributed by atoms with Gasteiger partial charge in [0.2, 0.25) is 5.91 Å². The van der Waals surface area contributed by atoms with Crippen molar-refractivity contribution in [2.24, 2.45) is 0 Å². The third-order valence-corrected chi connectivity index (χ3v) is 5.64. The van der Waals surface area contributed by atoms with E-state index < -0.39 is 0 Å². The fraction of sp³-hybridized carbons (Fsp3) is 0.182. The van der Waals surface area contributed by atoms with E-state index in [1.54, 1.807) is 26.2 Å². The van der Waals surface area contributed by atoms with Crippen LogP contribution in [-0.4, -0.2) is 36.6 Å². The lowest BCUT2D eigenvalue weighted by Crippen LogP contribution is -2.25. The van der Waals surface area contributed by atoms with Gasteiger partial charge in [-0.3, -0.25) is 9.59 Å². The molecule has 4 nitrogen and oxygen atoms in total. The zero-order valence-electron chi connectivity index (χ0n) is 15.7. The van der Waals surface area contributed by atoms with E-state index in [0.717, 1.165) is 21.2 Å². The Hall–Kier alpha value is -2.50. The first-order valence-electron chi connectivity index (χ1n) is 8.83. The van der Waals surface area contributed by atoms with Crippen molar-refractivity contribution in [1.29, 1.82) is 0 Å². The molecule has 0 aliphatic rings. The van der Waals surface area contributed by atoms with Gasteiger partial charge in [0.25, 0.3) is 5.91 Å². The summed E-state index contributed by atoms with van der Waals surface area (Å²) in [5.74, 6) is 0.213. The van der Waals surface area contributed by atoms with Gasteiger partial charge in [-0.25, -0.2) is 0 Å². The number of nitrogens with zero attached hydrogens (tertiary/aromatic N) is 1. The van der Waals surface area contributed by atoms with E-state index in [0.29, 0.717) is 22.9 Å². The van der Waals surface area contributed by atoms with Crippen molar-refractivity contribution in [2.45, 2.75) is 11.4 Å². The number of halogens is 1. The van der Waals surface area contributed by atoms with Crippen molar-refractivity contribution in [3.8, 4) is 0 Å². The van der Waals surface area contributed by atoms with Gasteiger partial charge in [-0.2, -0.15) is 0 Å². The van der Waals surface area contributed by atoms with Crippen molar-refractivity contribution in [1.82, 2.24) is 10.2 Å². The van der Waals surface area contributed by atoms with E-state index in [9.17, 15) is 9.59 Å². The molecule has 0 atom stereocenters. The number of hydrogen-bond acceptors (Lipinski definition) is 3. The van der Waals surface area contributed by atoms with Gasteiger partial charge in [-0.05, 0) is 35.2 Å². The number of carbonyl (C=O) groups excluding carboxylic acids is 2. The monoisotopic (exact) mass is 412 g/mol. The summed E-state index contributed by atoms with van der Waals surface area (Å²) in [5.41, 5.74) is 1.57. The maximum Gasteiger partial charge on any atom is 0.253 e. The molecule has 3 rings (SSSR count). The van der Waals surface area contributed by atoms with Crippen LogP contribution < -0.4 is 5.32 Å². The fourth-order valence-corrected chi connectivity index (χ4v) is 4.08. The molecular weight excluding hydrogens is 392 g/mol. The molecule has 0 fully saturated rings. The largest absolute Gasteiger partial charge is 0.351 e. The Morgan fingerprint density at radius 2 is 1.68 bits per heavy atom. The lowest BCUT2D eigenvalue weighted by molar-refractivity contribution is -0.118. The lowest BCUT2D eigenvalue weighted by Gasteiger charge is -2.11. The van der Waals surface area contributed by atoms with Crippen LogP contribution >= 0.6 is 23.4 Å². The zero-order chi connectivity index (χ0) is 20.1. The molecular formula is C22H21ClN2O2S. The topological polar surface area (TPSA) is 49.4 Å². The Balaban J connectivity index is 1.56. The number of amides is 2. The molecule has 0 unspecified atom stereocenters. The van der Waals surface area contributed by atoms with Gasteiger partial charge in [0, 0.05) is 41.5 Å². The van der Waals surface area contributed by atoms with Crippen LogP contribution in [0.25, 0.3) is 10.8 Å². The number of benzene rings is 3. The predicted octanol–water partition coefficient (Wildman–Crippen LogP) is 4.60. The van der Waals surface area contributed by atoms with Crippen LogP contribution in [-0.2, 0) is 11.3 Å². The van der Waals surface area contributed by atoms with Crippen LogP contribution in [0.4, 0.5) is 0 Å². The highest BCUT2D eigenvalue weighted by Gasteiger charge is 2.10. The quantitative estimate of drug-likeness (QED) is 0.602. The predicted molar refractivity (Wildman–Crippen MR) is 116 cm³/mol. The number of thioether (sulfide) groups is 1. The SMILES string of the molecule is CN(C)C(=O)c1ccc(CNC(=O)CSc2cccc3cccc(Cl)c23)cc1. The second-order valence-electron chi connectivity index (χ2n) is 6.56. The van der Waals surface area contributed by atoms with Crippen molar-refractivity contribution in [3.05, 3.63) is 76.8 Å². The first kappa shape index (κ1) is 20.2. The molecule has 0 bridgehead atoms. The summed E-state index contributed by atoms with van der Waals surface area (Å²) < 4.78 is 0. The van der Waals surface area contributed by atoms with E-state index in [4.69, 9.17) is 11.6 Å². The van der Waals surface area contributed by atoms with E-state index in [1.807, 2.05) is 48.5 Å². The molecule has 0 spiro atoms. The molecule has 3 aromatic carbocycles. The normalized spacial score (nSPS) is 10.7. The Morgan fingerprint density at radius 3 is 2.36 bits per heavy atom. The maximum atomic E-state index is 12.2. The second kappa shape index (κ2) is 9.13. The van der Waals surface area contributed by atoms with Crippen LogP contribution in [0.2, 0.25) is 5.02 Å². The minimum Gasteiger partial charge on any atom is -0.351 e. The van der Waals surface area contributed by atoms with Crippen molar-refractivity contribution < 1.29 is 9.59 Å². The molecule has 0 saturated carbocycles. The Morgan fingerprint density at radius 1 is 1.00 bits per heavy atom. The lowest BCUT2D eigenvalue weighted by atomic mass is 10.1. The molecule has 0 aliphatic heterocycles. The van der Waals surface area contributed by atoms with E-state index in [-0.39, 0.29) is 11.8 Å². The van der Waals surface area contributed by atoms with Crippen LogP contribution in [0.3, 0.4) is 0 Å². The molecule has 144 valence electrons. The smallest absolute Gasteiger partial charge is 0.253 e. The summed E-state index contributed by atoms with van der Waals surface area (Å²) in [4.78, 5) is 26.7. The minimum atomic E-state index is -0.0532. The maximum absolute atomic E-state index is 12.2. The standard InChI is InChI=1S/C22H21ClN2O2S/c1-25(2)22(27)17-11-9-15(10-12-17)13-24-20(26)14-28-19-8-4-6-16-5-3-7-18(23)21(16)19/h3-12H,13-14H2,1-2H3,(H,24,26). The highest BCUT2D eigenvalue weighted by molar-refractivity contribution is 8.00. The first-order chi connectivity index (χ1) is 13.5. The summed E-state index contributed by atoms with van der Waals surface area (Å²) >= 11 is 7.80. The third kappa shape index (κ3) is 4.86. The highest BCUT2D eigenvalue weighted by atomic mass is 35.5.